The van der Waals surface area contributed by atoms with E-state index in [1.165, 1.54) is 0 Å². The SMILES string of the molecule is CCOc1ccc2nc(NC3NC(=O)CC(c4cccc(OC)c4)N3)nc(C)c2c1. The molecule has 0 saturated carbocycles. The summed E-state index contributed by atoms with van der Waals surface area (Å²) in [6.07, 6.45) is -0.162. The Hall–Kier alpha value is -3.39. The lowest BCUT2D eigenvalue weighted by atomic mass is 10.0. The molecule has 8 nitrogen and oxygen atoms in total. The number of ether oxygens (including phenoxy) is 2. The molecule has 8 heteroatoms. The average molecular weight is 407 g/mol. The Balaban J connectivity index is 1.54. The molecule has 2 aromatic carbocycles. The zero-order chi connectivity index (χ0) is 21.1. The van der Waals surface area contributed by atoms with E-state index in [-0.39, 0.29) is 11.9 Å². The van der Waals surface area contributed by atoms with Crippen LogP contribution in [0, 0.1) is 6.92 Å². The van der Waals surface area contributed by atoms with Gasteiger partial charge in [-0.15, -0.1) is 0 Å². The number of anilines is 1. The van der Waals surface area contributed by atoms with E-state index < -0.39 is 6.29 Å². The van der Waals surface area contributed by atoms with Gasteiger partial charge in [-0.1, -0.05) is 12.1 Å². The van der Waals surface area contributed by atoms with Crippen LogP contribution in [0.1, 0.15) is 30.6 Å². The van der Waals surface area contributed by atoms with Gasteiger partial charge in [0.05, 0.1) is 24.9 Å². The van der Waals surface area contributed by atoms with Crippen LogP contribution in [0.15, 0.2) is 42.5 Å². The molecule has 1 fully saturated rings. The summed E-state index contributed by atoms with van der Waals surface area (Å²) in [6.45, 7) is 4.48. The number of nitrogens with one attached hydrogen (secondary N) is 3. The van der Waals surface area contributed by atoms with Crippen molar-refractivity contribution in [2.24, 2.45) is 0 Å². The highest BCUT2D eigenvalue weighted by atomic mass is 16.5. The van der Waals surface area contributed by atoms with Gasteiger partial charge >= 0.3 is 0 Å². The van der Waals surface area contributed by atoms with Crippen molar-refractivity contribution in [3.05, 3.63) is 53.7 Å². The summed E-state index contributed by atoms with van der Waals surface area (Å²) < 4.78 is 10.9. The number of aryl methyl sites for hydroxylation is 1. The fraction of sp³-hybridized carbons (Fsp3) is 0.318. The largest absolute Gasteiger partial charge is 0.497 e. The second-order valence-electron chi connectivity index (χ2n) is 7.09. The molecular formula is C22H25N5O3. The first-order valence-electron chi connectivity index (χ1n) is 9.93. The van der Waals surface area contributed by atoms with E-state index in [0.717, 1.165) is 33.7 Å². The summed E-state index contributed by atoms with van der Waals surface area (Å²) in [5.74, 6) is 1.93. The number of aromatic nitrogens is 2. The monoisotopic (exact) mass is 407 g/mol. The fourth-order valence-corrected chi connectivity index (χ4v) is 3.57. The number of hydrogen-bond acceptors (Lipinski definition) is 7. The molecule has 1 saturated heterocycles. The molecule has 0 aliphatic carbocycles. The van der Waals surface area contributed by atoms with E-state index >= 15 is 0 Å². The van der Waals surface area contributed by atoms with Crippen molar-refractivity contribution in [2.45, 2.75) is 32.6 Å². The average Bonchev–Trinajstić information content (AvgIpc) is 2.74. The molecule has 0 bridgehead atoms. The van der Waals surface area contributed by atoms with E-state index in [1.54, 1.807) is 7.11 Å². The van der Waals surface area contributed by atoms with Crippen molar-refractivity contribution in [1.29, 1.82) is 0 Å². The quantitative estimate of drug-likeness (QED) is 0.578. The smallest absolute Gasteiger partial charge is 0.226 e. The minimum Gasteiger partial charge on any atom is -0.497 e. The van der Waals surface area contributed by atoms with Crippen LogP contribution in [0.3, 0.4) is 0 Å². The highest BCUT2D eigenvalue weighted by Gasteiger charge is 2.27. The first-order valence-corrected chi connectivity index (χ1v) is 9.93. The number of hydrogen-bond donors (Lipinski definition) is 3. The van der Waals surface area contributed by atoms with Gasteiger partial charge in [0.1, 0.15) is 11.5 Å². The first kappa shape index (κ1) is 19.9. The Bertz CT molecular complexity index is 1070. The number of nitrogens with zero attached hydrogens (tertiary/aromatic N) is 2. The molecule has 30 heavy (non-hydrogen) atoms. The van der Waals surface area contributed by atoms with Crippen LogP contribution < -0.4 is 25.4 Å². The van der Waals surface area contributed by atoms with Crippen LogP contribution in [-0.2, 0) is 4.79 Å². The number of carbonyl (C=O) groups is 1. The van der Waals surface area contributed by atoms with Crippen molar-refractivity contribution in [3.63, 3.8) is 0 Å². The number of rotatable bonds is 6. The minimum atomic E-state index is -0.498. The third-order valence-corrected chi connectivity index (χ3v) is 5.00. The molecular weight excluding hydrogens is 382 g/mol. The lowest BCUT2D eigenvalue weighted by Gasteiger charge is -2.32. The molecule has 0 spiro atoms. The van der Waals surface area contributed by atoms with Gasteiger partial charge in [0.2, 0.25) is 11.9 Å². The summed E-state index contributed by atoms with van der Waals surface area (Å²) in [5, 5.41) is 10.4. The molecule has 3 aromatic rings. The van der Waals surface area contributed by atoms with Crippen molar-refractivity contribution in [3.8, 4) is 11.5 Å². The topological polar surface area (TPSA) is 97.4 Å². The Labute approximate surface area is 175 Å². The van der Waals surface area contributed by atoms with E-state index in [9.17, 15) is 4.79 Å². The molecule has 156 valence electrons. The molecule has 2 unspecified atom stereocenters. The van der Waals surface area contributed by atoms with Crippen LogP contribution in [-0.4, -0.2) is 35.9 Å². The van der Waals surface area contributed by atoms with Gasteiger partial charge in [0, 0.05) is 17.8 Å². The van der Waals surface area contributed by atoms with Gasteiger partial charge in [-0.2, -0.15) is 0 Å². The summed E-state index contributed by atoms with van der Waals surface area (Å²) in [4.78, 5) is 21.5. The number of amides is 1. The van der Waals surface area contributed by atoms with E-state index in [1.807, 2.05) is 56.3 Å². The van der Waals surface area contributed by atoms with E-state index in [4.69, 9.17) is 9.47 Å². The molecule has 0 radical (unpaired) electrons. The predicted molar refractivity (Wildman–Crippen MR) is 114 cm³/mol. The lowest BCUT2D eigenvalue weighted by Crippen LogP contribution is -2.56. The van der Waals surface area contributed by atoms with Gasteiger partial charge in [-0.3, -0.25) is 10.1 Å². The standard InChI is InChI=1S/C22H25N5O3/c1-4-30-16-8-9-18-17(11-16)13(2)23-21(24-18)27-22-25-19(12-20(28)26-22)14-6-5-7-15(10-14)29-3/h5-11,19,22,25H,4,12H2,1-3H3,(H,26,28)(H,23,24,27). The second-order valence-corrected chi connectivity index (χ2v) is 7.09. The van der Waals surface area contributed by atoms with Crippen LogP contribution in [0.4, 0.5) is 5.95 Å². The maximum atomic E-state index is 12.3. The highest BCUT2D eigenvalue weighted by molar-refractivity contribution is 5.83. The van der Waals surface area contributed by atoms with Crippen LogP contribution in [0.25, 0.3) is 10.9 Å². The second kappa shape index (κ2) is 8.54. The first-order chi connectivity index (χ1) is 14.6. The minimum absolute atomic E-state index is 0.0575. The summed E-state index contributed by atoms with van der Waals surface area (Å²) in [6, 6.07) is 13.3. The Morgan fingerprint density at radius 2 is 2.03 bits per heavy atom. The maximum Gasteiger partial charge on any atom is 0.226 e. The lowest BCUT2D eigenvalue weighted by molar-refractivity contribution is -0.124. The molecule has 1 amide bonds. The Morgan fingerprint density at radius 1 is 1.17 bits per heavy atom. The molecule has 2 atom stereocenters. The third kappa shape index (κ3) is 4.28. The normalized spacial score (nSPS) is 18.7. The van der Waals surface area contributed by atoms with Gasteiger partial charge in [-0.05, 0) is 49.7 Å². The van der Waals surface area contributed by atoms with Crippen LogP contribution >= 0.6 is 0 Å². The third-order valence-electron chi connectivity index (χ3n) is 5.00. The Kier molecular flexibility index (Phi) is 5.67. The van der Waals surface area contributed by atoms with Gasteiger partial charge in [0.15, 0.2) is 6.29 Å². The number of methoxy groups -OCH3 is 1. The molecule has 2 heterocycles. The number of benzene rings is 2. The Morgan fingerprint density at radius 3 is 2.83 bits per heavy atom. The maximum absolute atomic E-state index is 12.3. The molecule has 1 aliphatic rings. The van der Waals surface area contributed by atoms with Crippen LogP contribution in [0.5, 0.6) is 11.5 Å². The molecule has 1 aromatic heterocycles. The van der Waals surface area contributed by atoms with Gasteiger partial charge < -0.3 is 20.1 Å². The summed E-state index contributed by atoms with van der Waals surface area (Å²) in [7, 11) is 1.63. The zero-order valence-electron chi connectivity index (χ0n) is 17.2. The van der Waals surface area contributed by atoms with Crippen molar-refractivity contribution in [2.75, 3.05) is 19.0 Å². The fourth-order valence-electron chi connectivity index (χ4n) is 3.57. The summed E-state index contributed by atoms with van der Waals surface area (Å²) >= 11 is 0. The number of fused-ring (bicyclic) bond motifs is 1. The van der Waals surface area contributed by atoms with Crippen molar-refractivity contribution in [1.82, 2.24) is 20.6 Å². The van der Waals surface area contributed by atoms with E-state index in [2.05, 4.69) is 25.9 Å². The molecule has 4 rings (SSSR count). The van der Waals surface area contributed by atoms with Crippen molar-refractivity contribution >= 4 is 22.8 Å². The van der Waals surface area contributed by atoms with Gasteiger partial charge in [0.25, 0.3) is 0 Å². The van der Waals surface area contributed by atoms with E-state index in [0.29, 0.717) is 19.0 Å². The van der Waals surface area contributed by atoms with Crippen LogP contribution in [0.2, 0.25) is 0 Å². The number of carbonyl (C=O) groups excluding carboxylic acids is 1. The molecule has 3 N–H and O–H groups in total. The highest BCUT2D eigenvalue weighted by Crippen LogP contribution is 2.25. The van der Waals surface area contributed by atoms with Gasteiger partial charge in [-0.25, -0.2) is 9.97 Å². The molecule has 1 aliphatic heterocycles. The summed E-state index contributed by atoms with van der Waals surface area (Å²) in [5.41, 5.74) is 2.62. The van der Waals surface area contributed by atoms with Crippen molar-refractivity contribution < 1.29 is 14.3 Å². The zero-order valence-corrected chi connectivity index (χ0v) is 17.2. The predicted octanol–water partition coefficient (Wildman–Crippen LogP) is 2.89.